The van der Waals surface area contributed by atoms with Crippen LogP contribution in [0, 0.1) is 34.0 Å². The van der Waals surface area contributed by atoms with Gasteiger partial charge in [-0.15, -0.1) is 0 Å². The molecular formula is C22H30O6. The summed E-state index contributed by atoms with van der Waals surface area (Å²) in [6.45, 7) is 8.02. The van der Waals surface area contributed by atoms with Gasteiger partial charge in [-0.25, -0.2) is 0 Å². The minimum Gasteiger partial charge on any atom is -0.465 e. The number of rotatable bonds is 2. The van der Waals surface area contributed by atoms with Crippen LogP contribution in [0.15, 0.2) is 12.2 Å². The third kappa shape index (κ3) is 1.86. The lowest BCUT2D eigenvalue weighted by Crippen LogP contribution is -2.81. The van der Waals surface area contributed by atoms with E-state index in [4.69, 9.17) is 9.47 Å². The van der Waals surface area contributed by atoms with Gasteiger partial charge in [0, 0.05) is 23.7 Å². The van der Waals surface area contributed by atoms with Gasteiger partial charge in [0.05, 0.1) is 18.6 Å². The van der Waals surface area contributed by atoms with Crippen LogP contribution in [-0.4, -0.2) is 47.1 Å². The van der Waals surface area contributed by atoms with Crippen LogP contribution in [0.5, 0.6) is 0 Å². The van der Waals surface area contributed by atoms with Crippen molar-refractivity contribution in [2.24, 2.45) is 34.0 Å². The molecule has 0 aromatic heterocycles. The molecule has 0 aromatic carbocycles. The molecule has 2 N–H and O–H groups in total. The van der Waals surface area contributed by atoms with Gasteiger partial charge in [-0.3, -0.25) is 9.59 Å². The van der Waals surface area contributed by atoms with Crippen LogP contribution in [0.3, 0.4) is 0 Å². The summed E-state index contributed by atoms with van der Waals surface area (Å²) >= 11 is 0. The fourth-order valence-corrected chi connectivity index (χ4v) is 8.16. The molecule has 0 radical (unpaired) electrons. The molecule has 2 spiro atoms. The van der Waals surface area contributed by atoms with Gasteiger partial charge < -0.3 is 19.7 Å². The normalized spacial score (nSPS) is 54.3. The summed E-state index contributed by atoms with van der Waals surface area (Å²) in [5.74, 6) is -2.58. The fraction of sp³-hybridized carbons (Fsp3) is 0.818. The summed E-state index contributed by atoms with van der Waals surface area (Å²) in [5, 5.41) is 23.3. The third-order valence-corrected chi connectivity index (χ3v) is 9.13. The molecule has 0 aromatic rings. The number of aliphatic hydroxyl groups excluding tert-OH is 1. The lowest BCUT2D eigenvalue weighted by Gasteiger charge is -2.73. The lowest BCUT2D eigenvalue weighted by atomic mass is 9.36. The number of fused-ring (bicyclic) bond motifs is 2. The van der Waals surface area contributed by atoms with Crippen molar-refractivity contribution in [2.75, 3.05) is 13.2 Å². The second-order valence-electron chi connectivity index (χ2n) is 10.3. The number of ketones is 1. The highest BCUT2D eigenvalue weighted by Gasteiger charge is 2.83. The molecule has 4 aliphatic carbocycles. The van der Waals surface area contributed by atoms with E-state index in [1.54, 1.807) is 0 Å². The molecule has 6 fully saturated rings. The predicted octanol–water partition coefficient (Wildman–Crippen LogP) is 1.98. The number of aliphatic hydroxyl groups is 2. The molecule has 8 atom stereocenters. The van der Waals surface area contributed by atoms with Gasteiger partial charge in [-0.1, -0.05) is 19.9 Å². The topological polar surface area (TPSA) is 93.1 Å². The Morgan fingerprint density at radius 1 is 1.36 bits per heavy atom. The molecule has 6 nitrogen and oxygen atoms in total. The van der Waals surface area contributed by atoms with E-state index in [0.717, 1.165) is 32.1 Å². The summed E-state index contributed by atoms with van der Waals surface area (Å²) in [5.41, 5.74) is -1.34. The molecule has 4 saturated carbocycles. The van der Waals surface area contributed by atoms with Gasteiger partial charge in [-0.2, -0.15) is 0 Å². The summed E-state index contributed by atoms with van der Waals surface area (Å²) in [4.78, 5) is 24.9. The molecule has 6 rings (SSSR count). The van der Waals surface area contributed by atoms with Gasteiger partial charge in [-0.05, 0) is 49.5 Å². The number of ether oxygens (including phenoxy) is 2. The zero-order valence-electron chi connectivity index (χ0n) is 16.7. The first-order valence-corrected chi connectivity index (χ1v) is 10.5. The van der Waals surface area contributed by atoms with Gasteiger partial charge >= 0.3 is 5.97 Å². The van der Waals surface area contributed by atoms with Crippen molar-refractivity contribution >= 4 is 11.8 Å². The van der Waals surface area contributed by atoms with E-state index in [0.29, 0.717) is 18.6 Å². The zero-order chi connectivity index (χ0) is 20.1. The van der Waals surface area contributed by atoms with Crippen LogP contribution in [-0.2, 0) is 19.1 Å². The molecule has 6 aliphatic rings. The fourth-order valence-electron chi connectivity index (χ4n) is 8.16. The van der Waals surface area contributed by atoms with E-state index in [1.807, 2.05) is 6.92 Å². The maximum Gasteiger partial charge on any atom is 0.302 e. The highest BCUT2D eigenvalue weighted by Crippen LogP contribution is 2.76. The Kier molecular flexibility index (Phi) is 3.66. The maximum atomic E-state index is 13.4. The van der Waals surface area contributed by atoms with E-state index in [1.165, 1.54) is 6.92 Å². The molecule has 154 valence electrons. The molecule has 6 heteroatoms. The SMILES string of the molecule is C=C1C(=O)C23CC1CCC2C12CCCC(C)(COC(C)=O)C1C(O)C3(O)OC2. The largest absolute Gasteiger partial charge is 0.465 e. The van der Waals surface area contributed by atoms with Crippen molar-refractivity contribution < 1.29 is 29.3 Å². The van der Waals surface area contributed by atoms with Crippen molar-refractivity contribution in [3.8, 4) is 0 Å². The van der Waals surface area contributed by atoms with Crippen molar-refractivity contribution in [1.29, 1.82) is 0 Å². The Labute approximate surface area is 165 Å². The number of carbonyl (C=O) groups is 2. The lowest BCUT2D eigenvalue weighted by molar-refractivity contribution is -0.439. The van der Waals surface area contributed by atoms with Gasteiger partial charge in [0.2, 0.25) is 5.79 Å². The van der Waals surface area contributed by atoms with Gasteiger partial charge in [0.15, 0.2) is 5.78 Å². The van der Waals surface area contributed by atoms with Crippen LogP contribution in [0.25, 0.3) is 0 Å². The molecule has 0 amide bonds. The number of esters is 1. The second kappa shape index (κ2) is 5.46. The number of allylic oxidation sites excluding steroid dienone is 1. The van der Waals surface area contributed by atoms with Crippen molar-refractivity contribution in [3.05, 3.63) is 12.2 Å². The average molecular weight is 390 g/mol. The first kappa shape index (κ1) is 18.8. The maximum absolute atomic E-state index is 13.4. The predicted molar refractivity (Wildman–Crippen MR) is 98.8 cm³/mol. The van der Waals surface area contributed by atoms with E-state index >= 15 is 0 Å². The quantitative estimate of drug-likeness (QED) is 0.553. The Morgan fingerprint density at radius 2 is 2.11 bits per heavy atom. The minimum absolute atomic E-state index is 0.0351. The second-order valence-corrected chi connectivity index (χ2v) is 10.3. The summed E-state index contributed by atoms with van der Waals surface area (Å²) in [7, 11) is 0. The number of hydrogen-bond donors (Lipinski definition) is 2. The standard InChI is InChI=1S/C22H30O6/c1-12-14-5-6-15-20-8-4-7-19(3,10-27-13(2)23)16(20)18(25)22(26,28-11-20)21(15,9-14)17(12)24/h14-16,18,25-26H,1,4-11H2,2-3H3. The van der Waals surface area contributed by atoms with Crippen LogP contribution < -0.4 is 0 Å². The molecule has 2 aliphatic heterocycles. The molecule has 2 heterocycles. The van der Waals surface area contributed by atoms with Crippen LogP contribution in [0.4, 0.5) is 0 Å². The molecule has 8 unspecified atom stereocenters. The Morgan fingerprint density at radius 3 is 2.82 bits per heavy atom. The average Bonchev–Trinajstić information content (AvgIpc) is 2.84. The monoisotopic (exact) mass is 390 g/mol. The van der Waals surface area contributed by atoms with E-state index < -0.39 is 22.7 Å². The summed E-state index contributed by atoms with van der Waals surface area (Å²) in [6.07, 6.45) is 3.67. The van der Waals surface area contributed by atoms with Crippen molar-refractivity contribution in [3.63, 3.8) is 0 Å². The molecule has 28 heavy (non-hydrogen) atoms. The van der Waals surface area contributed by atoms with Crippen molar-refractivity contribution in [2.45, 2.75) is 64.3 Å². The highest BCUT2D eigenvalue weighted by molar-refractivity contribution is 6.04. The Hall–Kier alpha value is -1.24. The van der Waals surface area contributed by atoms with E-state index in [2.05, 4.69) is 6.58 Å². The van der Waals surface area contributed by atoms with Gasteiger partial charge in [0.1, 0.15) is 6.10 Å². The summed E-state index contributed by atoms with van der Waals surface area (Å²) < 4.78 is 11.4. The number of hydrogen-bond acceptors (Lipinski definition) is 6. The first-order valence-electron chi connectivity index (χ1n) is 10.5. The summed E-state index contributed by atoms with van der Waals surface area (Å²) in [6, 6.07) is 0. The molecular weight excluding hydrogens is 360 g/mol. The number of carbonyl (C=O) groups excluding carboxylic acids is 2. The van der Waals surface area contributed by atoms with Crippen LogP contribution in [0.1, 0.15) is 52.4 Å². The zero-order valence-corrected chi connectivity index (χ0v) is 16.7. The van der Waals surface area contributed by atoms with Crippen molar-refractivity contribution in [1.82, 2.24) is 0 Å². The van der Waals surface area contributed by atoms with Gasteiger partial charge in [0.25, 0.3) is 0 Å². The van der Waals surface area contributed by atoms with E-state index in [9.17, 15) is 19.8 Å². The Bertz CT molecular complexity index is 777. The highest BCUT2D eigenvalue weighted by atomic mass is 16.6. The van der Waals surface area contributed by atoms with E-state index in [-0.39, 0.29) is 41.5 Å². The number of Topliss-reactive ketones (excluding diaryl/α,β-unsaturated/α-hetero) is 1. The minimum atomic E-state index is -1.89. The smallest absolute Gasteiger partial charge is 0.302 e. The van der Waals surface area contributed by atoms with Crippen LogP contribution in [0.2, 0.25) is 0 Å². The van der Waals surface area contributed by atoms with Crippen LogP contribution >= 0.6 is 0 Å². The Balaban J connectivity index is 1.65. The first-order chi connectivity index (χ1) is 13.1. The third-order valence-electron chi connectivity index (χ3n) is 9.13. The molecule has 4 bridgehead atoms. The molecule has 2 saturated heterocycles.